The first kappa shape index (κ1) is 15.4. The van der Waals surface area contributed by atoms with Crippen LogP contribution >= 0.6 is 15.9 Å². The van der Waals surface area contributed by atoms with Gasteiger partial charge in [-0.25, -0.2) is 0 Å². The Bertz CT molecular complexity index is 673. The van der Waals surface area contributed by atoms with E-state index >= 15 is 0 Å². The van der Waals surface area contributed by atoms with Gasteiger partial charge in [-0.05, 0) is 35.9 Å². The van der Waals surface area contributed by atoms with Crippen molar-refractivity contribution < 1.29 is 13.2 Å². The molecule has 2 rings (SSSR count). The molecule has 2 nitrogen and oxygen atoms in total. The van der Waals surface area contributed by atoms with E-state index in [1.54, 1.807) is 18.2 Å². The van der Waals surface area contributed by atoms with Crippen LogP contribution in [0.5, 0.6) is 0 Å². The molecular weight excluding hydrogens is 345 g/mol. The predicted molar refractivity (Wildman–Crippen MR) is 77.6 cm³/mol. The molecule has 0 heterocycles. The predicted octanol–water partition coefficient (Wildman–Crippen LogP) is 4.95. The van der Waals surface area contributed by atoms with Crippen LogP contribution in [0, 0.1) is 11.3 Å². The van der Waals surface area contributed by atoms with Gasteiger partial charge < -0.3 is 5.32 Å². The van der Waals surface area contributed by atoms with E-state index < -0.39 is 11.7 Å². The molecule has 108 valence electrons. The maximum atomic E-state index is 12.5. The topological polar surface area (TPSA) is 35.8 Å². The summed E-state index contributed by atoms with van der Waals surface area (Å²) < 4.78 is 38.1. The van der Waals surface area contributed by atoms with Crippen molar-refractivity contribution in [2.24, 2.45) is 0 Å². The number of nitrogens with one attached hydrogen (secondary N) is 1. The van der Waals surface area contributed by atoms with E-state index in [2.05, 4.69) is 27.3 Å². The smallest absolute Gasteiger partial charge is 0.380 e. The Labute approximate surface area is 128 Å². The van der Waals surface area contributed by atoms with Gasteiger partial charge in [0.2, 0.25) is 0 Å². The Morgan fingerprint density at radius 3 is 2.33 bits per heavy atom. The number of anilines is 1. The number of nitrogens with zero attached hydrogens (tertiary/aromatic N) is 1. The van der Waals surface area contributed by atoms with Gasteiger partial charge in [-0.2, -0.15) is 18.4 Å². The zero-order valence-corrected chi connectivity index (χ0v) is 12.3. The van der Waals surface area contributed by atoms with Crippen LogP contribution < -0.4 is 5.32 Å². The standard InChI is InChI=1S/C15H10BrF3N2/c16-13-5-6-14(11(7-13)8-20)21-9-10-1-3-12(4-2-10)15(17,18)19/h1-7,21H,9H2. The summed E-state index contributed by atoms with van der Waals surface area (Å²) in [6.07, 6.45) is -4.33. The van der Waals surface area contributed by atoms with Gasteiger partial charge in [0.1, 0.15) is 6.07 Å². The van der Waals surface area contributed by atoms with Gasteiger partial charge in [0.25, 0.3) is 0 Å². The fraction of sp³-hybridized carbons (Fsp3) is 0.133. The maximum absolute atomic E-state index is 12.5. The van der Waals surface area contributed by atoms with Gasteiger partial charge in [-0.15, -0.1) is 0 Å². The van der Waals surface area contributed by atoms with Gasteiger partial charge in [-0.1, -0.05) is 28.1 Å². The maximum Gasteiger partial charge on any atom is 0.416 e. The molecule has 2 aromatic carbocycles. The molecule has 2 aromatic rings. The highest BCUT2D eigenvalue weighted by atomic mass is 79.9. The third-order valence-corrected chi connectivity index (χ3v) is 3.36. The summed E-state index contributed by atoms with van der Waals surface area (Å²) >= 11 is 3.27. The third-order valence-electron chi connectivity index (χ3n) is 2.87. The fourth-order valence-electron chi connectivity index (χ4n) is 1.77. The fourth-order valence-corrected chi connectivity index (χ4v) is 2.13. The molecule has 0 spiro atoms. The summed E-state index contributed by atoms with van der Waals surface area (Å²) in [5.74, 6) is 0. The van der Waals surface area contributed by atoms with Crippen LogP contribution in [0.1, 0.15) is 16.7 Å². The molecule has 0 amide bonds. The second-order valence-electron chi connectivity index (χ2n) is 4.35. The van der Waals surface area contributed by atoms with Gasteiger partial charge in [-0.3, -0.25) is 0 Å². The van der Waals surface area contributed by atoms with Crippen LogP contribution in [0.25, 0.3) is 0 Å². The van der Waals surface area contributed by atoms with Crippen LogP contribution in [-0.2, 0) is 12.7 Å². The lowest BCUT2D eigenvalue weighted by atomic mass is 10.1. The van der Waals surface area contributed by atoms with Crippen LogP contribution in [0.2, 0.25) is 0 Å². The van der Waals surface area contributed by atoms with E-state index in [9.17, 15) is 13.2 Å². The molecule has 0 saturated carbocycles. The number of hydrogen-bond donors (Lipinski definition) is 1. The van der Waals surface area contributed by atoms with Crippen molar-refractivity contribution >= 4 is 21.6 Å². The minimum Gasteiger partial charge on any atom is -0.380 e. The number of halogens is 4. The number of benzene rings is 2. The van der Waals surface area contributed by atoms with E-state index in [1.807, 2.05) is 0 Å². The number of alkyl halides is 3. The molecule has 0 aliphatic rings. The van der Waals surface area contributed by atoms with Crippen LogP contribution in [0.3, 0.4) is 0 Å². The van der Waals surface area contributed by atoms with Crippen molar-refractivity contribution in [2.75, 3.05) is 5.32 Å². The summed E-state index contributed by atoms with van der Waals surface area (Å²) in [6.45, 7) is 0.342. The Morgan fingerprint density at radius 1 is 1.10 bits per heavy atom. The minimum absolute atomic E-state index is 0.342. The van der Waals surface area contributed by atoms with Gasteiger partial charge in [0, 0.05) is 11.0 Å². The lowest BCUT2D eigenvalue weighted by Crippen LogP contribution is -2.06. The molecule has 0 bridgehead atoms. The van der Waals surface area contributed by atoms with Crippen molar-refractivity contribution in [1.82, 2.24) is 0 Å². The summed E-state index contributed by atoms with van der Waals surface area (Å²) in [7, 11) is 0. The molecule has 1 N–H and O–H groups in total. The first-order valence-corrected chi connectivity index (χ1v) is 6.79. The molecule has 0 saturated heterocycles. The largest absolute Gasteiger partial charge is 0.416 e. The zero-order valence-electron chi connectivity index (χ0n) is 10.7. The number of rotatable bonds is 3. The second kappa shape index (κ2) is 6.19. The van der Waals surface area contributed by atoms with Gasteiger partial charge >= 0.3 is 6.18 Å². The Morgan fingerprint density at radius 2 is 1.76 bits per heavy atom. The van der Waals surface area contributed by atoms with E-state index in [1.165, 1.54) is 12.1 Å². The number of nitriles is 1. The molecular formula is C15H10BrF3N2. The average molecular weight is 355 g/mol. The quantitative estimate of drug-likeness (QED) is 0.846. The van der Waals surface area contributed by atoms with Crippen LogP contribution in [0.4, 0.5) is 18.9 Å². The number of hydrogen-bond acceptors (Lipinski definition) is 2. The highest BCUT2D eigenvalue weighted by Gasteiger charge is 2.29. The lowest BCUT2D eigenvalue weighted by Gasteiger charge is -2.10. The van der Waals surface area contributed by atoms with Crippen molar-refractivity contribution in [3.05, 3.63) is 63.6 Å². The van der Waals surface area contributed by atoms with Crippen LogP contribution in [-0.4, -0.2) is 0 Å². The van der Waals surface area contributed by atoms with Gasteiger partial charge in [0.15, 0.2) is 0 Å². The van der Waals surface area contributed by atoms with Crippen molar-refractivity contribution in [3.63, 3.8) is 0 Å². The summed E-state index contributed by atoms with van der Waals surface area (Å²) in [5, 5.41) is 12.1. The molecule has 0 aliphatic carbocycles. The van der Waals surface area contributed by atoms with E-state index in [4.69, 9.17) is 5.26 Å². The first-order valence-electron chi connectivity index (χ1n) is 6.00. The summed E-state index contributed by atoms with van der Waals surface area (Å²) in [6, 6.07) is 12.2. The highest BCUT2D eigenvalue weighted by molar-refractivity contribution is 9.10. The molecule has 0 unspecified atom stereocenters. The van der Waals surface area contributed by atoms with E-state index in [-0.39, 0.29) is 0 Å². The average Bonchev–Trinajstić information content (AvgIpc) is 2.45. The molecule has 0 atom stereocenters. The Hall–Kier alpha value is -2.00. The van der Waals surface area contributed by atoms with Gasteiger partial charge in [0.05, 0.1) is 16.8 Å². The van der Waals surface area contributed by atoms with Crippen molar-refractivity contribution in [3.8, 4) is 6.07 Å². The molecule has 21 heavy (non-hydrogen) atoms. The first-order chi connectivity index (χ1) is 9.90. The second-order valence-corrected chi connectivity index (χ2v) is 5.27. The molecule has 0 aliphatic heterocycles. The third kappa shape index (κ3) is 3.99. The highest BCUT2D eigenvalue weighted by Crippen LogP contribution is 2.29. The molecule has 0 radical (unpaired) electrons. The van der Waals surface area contributed by atoms with Crippen molar-refractivity contribution in [2.45, 2.75) is 12.7 Å². The Kier molecular flexibility index (Phi) is 4.53. The summed E-state index contributed by atoms with van der Waals surface area (Å²) in [4.78, 5) is 0. The normalized spacial score (nSPS) is 11.0. The van der Waals surface area contributed by atoms with E-state index in [0.29, 0.717) is 23.4 Å². The zero-order chi connectivity index (χ0) is 15.5. The molecule has 0 fully saturated rings. The molecule has 0 aromatic heterocycles. The lowest BCUT2D eigenvalue weighted by molar-refractivity contribution is -0.137. The minimum atomic E-state index is -4.33. The Balaban J connectivity index is 2.09. The monoisotopic (exact) mass is 354 g/mol. The van der Waals surface area contributed by atoms with Crippen LogP contribution in [0.15, 0.2) is 46.9 Å². The van der Waals surface area contributed by atoms with Crippen molar-refractivity contribution in [1.29, 1.82) is 5.26 Å². The van der Waals surface area contributed by atoms with E-state index in [0.717, 1.165) is 16.6 Å². The summed E-state index contributed by atoms with van der Waals surface area (Å²) in [5.41, 5.74) is 1.14. The molecule has 6 heteroatoms. The SMILES string of the molecule is N#Cc1cc(Br)ccc1NCc1ccc(C(F)(F)F)cc1.